The number of hydrogen-bond acceptors (Lipinski definition) is 7. The van der Waals surface area contributed by atoms with Crippen molar-refractivity contribution in [2.24, 2.45) is 5.10 Å². The van der Waals surface area contributed by atoms with Crippen LogP contribution in [0.3, 0.4) is 0 Å². The third-order valence-corrected chi connectivity index (χ3v) is 6.49. The number of nitrogens with zero attached hydrogens (tertiary/aromatic N) is 2. The maximum Gasteiger partial charge on any atom is 0.305 e. The fourth-order valence-corrected chi connectivity index (χ4v) is 4.58. The van der Waals surface area contributed by atoms with Crippen LogP contribution in [0.15, 0.2) is 76.2 Å². The normalized spacial score (nSPS) is 13.5. The standard InChI is InChI=1S/C28H23N5O6/c1-16-24-22(29-31-27(35)21-9-4-7-17-6-2-3-8-20(17)21)10-5-11-23(24)39-25(16)28(36)32-30-26(34)18-12-14-19(15-13-18)33(37)38/h2-4,6-9,12-15H,5,10-11H2,1H3,(H,30,34)(H,31,35)(H,32,36)/b29-22+. The van der Waals surface area contributed by atoms with Gasteiger partial charge in [0, 0.05) is 40.8 Å². The molecule has 0 atom stereocenters. The third-order valence-electron chi connectivity index (χ3n) is 6.49. The fourth-order valence-electron chi connectivity index (χ4n) is 4.58. The van der Waals surface area contributed by atoms with Crippen LogP contribution in [-0.2, 0) is 6.42 Å². The molecule has 39 heavy (non-hydrogen) atoms. The van der Waals surface area contributed by atoms with E-state index in [1.165, 1.54) is 24.3 Å². The average Bonchev–Trinajstić information content (AvgIpc) is 3.31. The van der Waals surface area contributed by atoms with Gasteiger partial charge in [0.05, 0.1) is 10.6 Å². The van der Waals surface area contributed by atoms with Gasteiger partial charge in [-0.15, -0.1) is 0 Å². The number of nitro benzene ring substituents is 1. The number of fused-ring (bicyclic) bond motifs is 2. The lowest BCUT2D eigenvalue weighted by atomic mass is 9.93. The molecular formula is C28H23N5O6. The van der Waals surface area contributed by atoms with Crippen LogP contribution in [0.25, 0.3) is 10.8 Å². The van der Waals surface area contributed by atoms with E-state index >= 15 is 0 Å². The molecule has 0 saturated heterocycles. The van der Waals surface area contributed by atoms with E-state index in [1.807, 2.05) is 36.4 Å². The van der Waals surface area contributed by atoms with Crippen LogP contribution >= 0.6 is 0 Å². The van der Waals surface area contributed by atoms with Crippen molar-refractivity contribution in [3.63, 3.8) is 0 Å². The molecule has 3 N–H and O–H groups in total. The SMILES string of the molecule is Cc1c(C(=O)NNC(=O)c2ccc([N+](=O)[O-])cc2)oc2c1/C(=N/NC(=O)c1cccc3ccccc13)CCC2. The Bertz CT molecular complexity index is 1650. The summed E-state index contributed by atoms with van der Waals surface area (Å²) in [5.41, 5.74) is 9.51. The Balaban J connectivity index is 1.30. The summed E-state index contributed by atoms with van der Waals surface area (Å²) in [4.78, 5) is 48.3. The van der Waals surface area contributed by atoms with Crippen LogP contribution in [0.5, 0.6) is 0 Å². The monoisotopic (exact) mass is 525 g/mol. The zero-order chi connectivity index (χ0) is 27.5. The van der Waals surface area contributed by atoms with Gasteiger partial charge in [-0.3, -0.25) is 35.3 Å². The van der Waals surface area contributed by atoms with Crippen molar-refractivity contribution < 1.29 is 23.7 Å². The van der Waals surface area contributed by atoms with Crippen LogP contribution in [-0.4, -0.2) is 28.4 Å². The summed E-state index contributed by atoms with van der Waals surface area (Å²) in [7, 11) is 0. The summed E-state index contributed by atoms with van der Waals surface area (Å²) < 4.78 is 5.83. The molecule has 1 aliphatic rings. The van der Waals surface area contributed by atoms with Crippen molar-refractivity contribution in [2.75, 3.05) is 0 Å². The molecule has 11 heteroatoms. The predicted octanol–water partition coefficient (Wildman–Crippen LogP) is 4.19. The van der Waals surface area contributed by atoms with E-state index in [0.717, 1.165) is 17.2 Å². The smallest absolute Gasteiger partial charge is 0.305 e. The Kier molecular flexibility index (Phi) is 6.87. The molecule has 3 amide bonds. The molecule has 1 aromatic heterocycles. The van der Waals surface area contributed by atoms with E-state index in [-0.39, 0.29) is 22.9 Å². The number of non-ortho nitro benzene ring substituents is 1. The second kappa shape index (κ2) is 10.6. The number of hydrazine groups is 1. The highest BCUT2D eigenvalue weighted by Gasteiger charge is 2.28. The first-order valence-corrected chi connectivity index (χ1v) is 12.2. The van der Waals surface area contributed by atoms with Crippen LogP contribution in [0.2, 0.25) is 0 Å². The molecule has 0 unspecified atom stereocenters. The minimum atomic E-state index is -0.670. The Labute approximate surface area is 222 Å². The highest BCUT2D eigenvalue weighted by Crippen LogP contribution is 2.30. The van der Waals surface area contributed by atoms with Crippen molar-refractivity contribution in [1.29, 1.82) is 0 Å². The summed E-state index contributed by atoms with van der Waals surface area (Å²) in [6.07, 6.45) is 1.90. The van der Waals surface area contributed by atoms with Gasteiger partial charge >= 0.3 is 5.91 Å². The Morgan fingerprint density at radius 2 is 1.62 bits per heavy atom. The average molecular weight is 526 g/mol. The van der Waals surface area contributed by atoms with Crippen LogP contribution in [0.1, 0.15) is 61.0 Å². The molecule has 0 radical (unpaired) electrons. The summed E-state index contributed by atoms with van der Waals surface area (Å²) >= 11 is 0. The number of nitrogens with one attached hydrogen (secondary N) is 3. The van der Waals surface area contributed by atoms with Gasteiger partial charge in [-0.25, -0.2) is 5.43 Å². The van der Waals surface area contributed by atoms with Gasteiger partial charge in [0.1, 0.15) is 5.76 Å². The van der Waals surface area contributed by atoms with Gasteiger partial charge < -0.3 is 4.42 Å². The topological polar surface area (TPSA) is 156 Å². The minimum Gasteiger partial charge on any atom is -0.455 e. The Morgan fingerprint density at radius 3 is 2.38 bits per heavy atom. The van der Waals surface area contributed by atoms with Crippen LogP contribution < -0.4 is 16.3 Å². The minimum absolute atomic E-state index is 0.0129. The Morgan fingerprint density at radius 1 is 0.897 bits per heavy atom. The number of aryl methyl sites for hydroxylation is 1. The number of hydrogen-bond donors (Lipinski definition) is 3. The number of furan rings is 1. The number of benzene rings is 3. The van der Waals surface area contributed by atoms with Gasteiger partial charge in [-0.1, -0.05) is 36.4 Å². The van der Waals surface area contributed by atoms with Gasteiger partial charge in [0.2, 0.25) is 0 Å². The molecule has 0 fully saturated rings. The molecule has 4 aromatic rings. The Hall–Kier alpha value is -5.32. The second-order valence-electron chi connectivity index (χ2n) is 8.95. The molecular weight excluding hydrogens is 502 g/mol. The van der Waals surface area contributed by atoms with Gasteiger partial charge in [0.25, 0.3) is 17.5 Å². The van der Waals surface area contributed by atoms with Crippen molar-refractivity contribution >= 4 is 39.9 Å². The van der Waals surface area contributed by atoms with E-state index in [0.29, 0.717) is 41.0 Å². The molecule has 3 aromatic carbocycles. The molecule has 0 spiro atoms. The van der Waals surface area contributed by atoms with E-state index in [1.54, 1.807) is 13.0 Å². The highest BCUT2D eigenvalue weighted by molar-refractivity contribution is 6.09. The van der Waals surface area contributed by atoms with Crippen LogP contribution in [0, 0.1) is 17.0 Å². The lowest BCUT2D eigenvalue weighted by Gasteiger charge is -2.13. The third kappa shape index (κ3) is 5.10. The molecule has 5 rings (SSSR count). The molecule has 0 saturated carbocycles. The molecule has 11 nitrogen and oxygen atoms in total. The summed E-state index contributed by atoms with van der Waals surface area (Å²) in [5.74, 6) is -1.08. The van der Waals surface area contributed by atoms with E-state index in [4.69, 9.17) is 4.42 Å². The number of nitro groups is 1. The van der Waals surface area contributed by atoms with Crippen molar-refractivity contribution in [3.8, 4) is 0 Å². The fraction of sp³-hybridized carbons (Fsp3) is 0.143. The first-order chi connectivity index (χ1) is 18.8. The molecule has 1 aliphatic carbocycles. The van der Waals surface area contributed by atoms with Crippen molar-refractivity contribution in [2.45, 2.75) is 26.2 Å². The molecule has 196 valence electrons. The summed E-state index contributed by atoms with van der Waals surface area (Å²) in [6.45, 7) is 1.71. The van der Waals surface area contributed by atoms with E-state index in [2.05, 4.69) is 21.4 Å². The zero-order valence-corrected chi connectivity index (χ0v) is 20.8. The number of hydrazone groups is 1. The summed E-state index contributed by atoms with van der Waals surface area (Å²) in [6, 6.07) is 18.0. The zero-order valence-electron chi connectivity index (χ0n) is 20.8. The predicted molar refractivity (Wildman–Crippen MR) is 142 cm³/mol. The number of amides is 3. The summed E-state index contributed by atoms with van der Waals surface area (Å²) in [5, 5.41) is 16.9. The highest BCUT2D eigenvalue weighted by atomic mass is 16.6. The molecule has 0 aliphatic heterocycles. The molecule has 1 heterocycles. The maximum atomic E-state index is 13.0. The van der Waals surface area contributed by atoms with Crippen LogP contribution in [0.4, 0.5) is 5.69 Å². The second-order valence-corrected chi connectivity index (χ2v) is 8.95. The number of carbonyl (C=O) groups is 3. The van der Waals surface area contributed by atoms with Gasteiger partial charge in [-0.05, 0) is 48.7 Å². The first-order valence-electron chi connectivity index (χ1n) is 12.2. The lowest BCUT2D eigenvalue weighted by molar-refractivity contribution is -0.384. The largest absolute Gasteiger partial charge is 0.455 e. The number of rotatable bonds is 5. The van der Waals surface area contributed by atoms with E-state index in [9.17, 15) is 24.5 Å². The molecule has 0 bridgehead atoms. The van der Waals surface area contributed by atoms with E-state index < -0.39 is 16.7 Å². The van der Waals surface area contributed by atoms with Gasteiger partial charge in [0.15, 0.2) is 5.76 Å². The maximum absolute atomic E-state index is 13.0. The quantitative estimate of drug-likeness (QED) is 0.262. The van der Waals surface area contributed by atoms with Crippen molar-refractivity contribution in [3.05, 3.63) is 111 Å². The van der Waals surface area contributed by atoms with Gasteiger partial charge in [-0.2, -0.15) is 5.10 Å². The number of carbonyl (C=O) groups excluding carboxylic acids is 3. The first kappa shape index (κ1) is 25.3. The lowest BCUT2D eigenvalue weighted by Crippen LogP contribution is -2.41. The van der Waals surface area contributed by atoms with Crippen molar-refractivity contribution in [1.82, 2.24) is 16.3 Å².